The number of aryl methyl sites for hydroxylation is 2. The molecule has 1 heteroatoms. The molecule has 1 aliphatic carbocycles. The summed E-state index contributed by atoms with van der Waals surface area (Å²) in [5.74, 6) is 0. The number of hydrogen-bond donors (Lipinski definition) is 1. The maximum absolute atomic E-state index is 3.63. The van der Waals surface area contributed by atoms with Crippen LogP contribution in [0.1, 0.15) is 43.0 Å². The van der Waals surface area contributed by atoms with E-state index in [1.807, 2.05) is 0 Å². The minimum atomic E-state index is 0.575. The van der Waals surface area contributed by atoms with Crippen molar-refractivity contribution in [3.05, 3.63) is 34.9 Å². The monoisotopic (exact) mass is 189 g/mol. The van der Waals surface area contributed by atoms with Crippen LogP contribution in [0.4, 0.5) is 0 Å². The van der Waals surface area contributed by atoms with Crippen LogP contribution in [0.25, 0.3) is 0 Å². The van der Waals surface area contributed by atoms with E-state index < -0.39 is 0 Å². The van der Waals surface area contributed by atoms with Crippen LogP contribution in [0.2, 0.25) is 0 Å². The average Bonchev–Trinajstić information content (AvgIpc) is 2.47. The van der Waals surface area contributed by atoms with Gasteiger partial charge < -0.3 is 5.32 Å². The van der Waals surface area contributed by atoms with E-state index in [9.17, 15) is 0 Å². The molecule has 0 radical (unpaired) electrons. The Bertz CT molecular complexity index is 328. The lowest BCUT2D eigenvalue weighted by atomic mass is 10.0. The van der Waals surface area contributed by atoms with Gasteiger partial charge in [-0.3, -0.25) is 0 Å². The smallest absolute Gasteiger partial charge is 0.0328 e. The third kappa shape index (κ3) is 1.83. The van der Waals surface area contributed by atoms with Crippen molar-refractivity contribution >= 4 is 0 Å². The van der Waals surface area contributed by atoms with Crippen LogP contribution in [-0.2, 0) is 6.42 Å². The second-order valence-corrected chi connectivity index (χ2v) is 4.61. The Morgan fingerprint density at radius 1 is 1.36 bits per heavy atom. The summed E-state index contributed by atoms with van der Waals surface area (Å²) in [6.07, 6.45) is 2.50. The maximum atomic E-state index is 3.63. The summed E-state index contributed by atoms with van der Waals surface area (Å²) in [7, 11) is 0. The van der Waals surface area contributed by atoms with Crippen LogP contribution in [0.15, 0.2) is 18.2 Å². The number of fused-ring (bicyclic) bond motifs is 1. The van der Waals surface area contributed by atoms with Gasteiger partial charge in [0.1, 0.15) is 0 Å². The third-order valence-electron chi connectivity index (χ3n) is 2.91. The van der Waals surface area contributed by atoms with Gasteiger partial charge in [-0.05, 0) is 30.9 Å². The molecule has 0 aliphatic heterocycles. The molecule has 1 nitrogen and oxygen atoms in total. The second kappa shape index (κ2) is 3.74. The van der Waals surface area contributed by atoms with E-state index in [1.165, 1.54) is 29.5 Å². The summed E-state index contributed by atoms with van der Waals surface area (Å²) >= 11 is 0. The van der Waals surface area contributed by atoms with Gasteiger partial charge in [0.05, 0.1) is 0 Å². The van der Waals surface area contributed by atoms with Gasteiger partial charge in [-0.15, -0.1) is 0 Å². The van der Waals surface area contributed by atoms with Gasteiger partial charge in [0, 0.05) is 12.1 Å². The first-order valence-corrected chi connectivity index (χ1v) is 5.52. The zero-order valence-corrected chi connectivity index (χ0v) is 9.30. The number of hydrogen-bond acceptors (Lipinski definition) is 1. The lowest BCUT2D eigenvalue weighted by Crippen LogP contribution is -2.26. The van der Waals surface area contributed by atoms with Crippen LogP contribution in [0.3, 0.4) is 0 Å². The molecule has 1 aromatic carbocycles. The van der Waals surface area contributed by atoms with E-state index in [1.54, 1.807) is 0 Å². The van der Waals surface area contributed by atoms with Crippen LogP contribution in [-0.4, -0.2) is 6.04 Å². The number of nitrogens with one attached hydrogen (secondary N) is 1. The molecule has 0 saturated carbocycles. The molecule has 1 aliphatic rings. The zero-order valence-electron chi connectivity index (χ0n) is 9.30. The van der Waals surface area contributed by atoms with E-state index >= 15 is 0 Å². The van der Waals surface area contributed by atoms with E-state index in [4.69, 9.17) is 0 Å². The first kappa shape index (κ1) is 9.72. The third-order valence-corrected chi connectivity index (χ3v) is 2.91. The Morgan fingerprint density at radius 2 is 2.14 bits per heavy atom. The highest BCUT2D eigenvalue weighted by Crippen LogP contribution is 2.31. The Balaban J connectivity index is 2.24. The fraction of sp³-hybridized carbons (Fsp3) is 0.538. The van der Waals surface area contributed by atoms with Crippen LogP contribution >= 0.6 is 0 Å². The summed E-state index contributed by atoms with van der Waals surface area (Å²) in [6.45, 7) is 6.60. The van der Waals surface area contributed by atoms with Gasteiger partial charge in [0.25, 0.3) is 0 Å². The van der Waals surface area contributed by atoms with Gasteiger partial charge in [-0.25, -0.2) is 0 Å². The van der Waals surface area contributed by atoms with Crippen molar-refractivity contribution in [1.29, 1.82) is 0 Å². The molecule has 0 spiro atoms. The van der Waals surface area contributed by atoms with Gasteiger partial charge in [0.2, 0.25) is 0 Å². The van der Waals surface area contributed by atoms with Crippen molar-refractivity contribution in [1.82, 2.24) is 5.32 Å². The standard InChI is InChI=1S/C13H19N/c1-9(2)14-13-7-6-11-5-4-10(3)8-12(11)13/h4-5,8-9,13-14H,6-7H2,1-3H3/t13-/m1/s1. The molecule has 14 heavy (non-hydrogen) atoms. The van der Waals surface area contributed by atoms with Crippen molar-refractivity contribution in [2.75, 3.05) is 0 Å². The highest BCUT2D eigenvalue weighted by molar-refractivity contribution is 5.37. The fourth-order valence-corrected chi connectivity index (χ4v) is 2.30. The summed E-state index contributed by atoms with van der Waals surface area (Å²) < 4.78 is 0. The van der Waals surface area contributed by atoms with Gasteiger partial charge in [-0.1, -0.05) is 37.6 Å². The van der Waals surface area contributed by atoms with Crippen molar-refractivity contribution in [3.63, 3.8) is 0 Å². The summed E-state index contributed by atoms with van der Waals surface area (Å²) in [4.78, 5) is 0. The molecule has 0 saturated heterocycles. The fourth-order valence-electron chi connectivity index (χ4n) is 2.30. The molecule has 0 heterocycles. The normalized spacial score (nSPS) is 20.1. The molecule has 2 rings (SSSR count). The van der Waals surface area contributed by atoms with E-state index in [2.05, 4.69) is 44.3 Å². The molecule has 76 valence electrons. The minimum Gasteiger partial charge on any atom is -0.308 e. The Morgan fingerprint density at radius 3 is 2.86 bits per heavy atom. The molecular weight excluding hydrogens is 170 g/mol. The Labute approximate surface area is 86.5 Å². The molecule has 1 N–H and O–H groups in total. The van der Waals surface area contributed by atoms with Gasteiger partial charge >= 0.3 is 0 Å². The molecule has 0 bridgehead atoms. The van der Waals surface area contributed by atoms with Crippen molar-refractivity contribution < 1.29 is 0 Å². The molecule has 0 aromatic heterocycles. The number of benzene rings is 1. The molecule has 0 unspecified atom stereocenters. The lowest BCUT2D eigenvalue weighted by molar-refractivity contribution is 0.475. The molecule has 1 atom stereocenters. The first-order valence-electron chi connectivity index (χ1n) is 5.52. The second-order valence-electron chi connectivity index (χ2n) is 4.61. The van der Waals surface area contributed by atoms with Crippen LogP contribution < -0.4 is 5.32 Å². The highest BCUT2D eigenvalue weighted by Gasteiger charge is 2.22. The van der Waals surface area contributed by atoms with E-state index in [-0.39, 0.29) is 0 Å². The maximum Gasteiger partial charge on any atom is 0.0328 e. The van der Waals surface area contributed by atoms with Crippen LogP contribution in [0, 0.1) is 6.92 Å². The molecule has 1 aromatic rings. The van der Waals surface area contributed by atoms with E-state index in [0.717, 1.165) is 0 Å². The van der Waals surface area contributed by atoms with Crippen molar-refractivity contribution in [2.45, 2.75) is 45.7 Å². The molecule has 0 amide bonds. The SMILES string of the molecule is Cc1ccc2c(c1)[C@H](NC(C)C)CC2. The largest absolute Gasteiger partial charge is 0.308 e. The Kier molecular flexibility index (Phi) is 2.60. The molecule has 0 fully saturated rings. The van der Waals surface area contributed by atoms with Gasteiger partial charge in [-0.2, -0.15) is 0 Å². The van der Waals surface area contributed by atoms with Crippen molar-refractivity contribution in [3.8, 4) is 0 Å². The number of rotatable bonds is 2. The van der Waals surface area contributed by atoms with E-state index in [0.29, 0.717) is 12.1 Å². The average molecular weight is 189 g/mol. The lowest BCUT2D eigenvalue weighted by Gasteiger charge is -2.17. The molecular formula is C13H19N. The predicted octanol–water partition coefficient (Wildman–Crippen LogP) is 2.98. The topological polar surface area (TPSA) is 12.0 Å². The zero-order chi connectivity index (χ0) is 10.1. The minimum absolute atomic E-state index is 0.575. The Hall–Kier alpha value is -0.820. The quantitative estimate of drug-likeness (QED) is 0.754. The van der Waals surface area contributed by atoms with Crippen LogP contribution in [0.5, 0.6) is 0 Å². The summed E-state index contributed by atoms with van der Waals surface area (Å²) in [5.41, 5.74) is 4.44. The van der Waals surface area contributed by atoms with Crippen molar-refractivity contribution in [2.24, 2.45) is 0 Å². The summed E-state index contributed by atoms with van der Waals surface area (Å²) in [5, 5.41) is 3.63. The first-order chi connectivity index (χ1) is 6.66. The predicted molar refractivity (Wildman–Crippen MR) is 60.5 cm³/mol. The summed E-state index contributed by atoms with van der Waals surface area (Å²) in [6, 6.07) is 8.00. The highest BCUT2D eigenvalue weighted by atomic mass is 14.9. The van der Waals surface area contributed by atoms with Gasteiger partial charge in [0.15, 0.2) is 0 Å².